The van der Waals surface area contributed by atoms with E-state index >= 15 is 0 Å². The lowest BCUT2D eigenvalue weighted by Crippen LogP contribution is -2.41. The van der Waals surface area contributed by atoms with E-state index < -0.39 is 0 Å². The predicted molar refractivity (Wildman–Crippen MR) is 219 cm³/mol. The molecular weight excluding hydrogens is 792 g/mol. The van der Waals surface area contributed by atoms with Crippen LogP contribution in [0.3, 0.4) is 0 Å². The largest absolute Gasteiger partial charge is 0.464 e. The van der Waals surface area contributed by atoms with Crippen LogP contribution in [-0.2, 0) is 42.9 Å². The Morgan fingerprint density at radius 1 is 0.373 bits per heavy atom. The molecule has 0 heterocycles. The molecule has 5 fully saturated rings. The SMILES string of the molecule is C.O=C(Cl)C1CC1.O=C(OCCN(CCOC(=O)C1CC1)CCN(CCOC(=O)C1CC1)CCOC(=O)C1CC1)C1CC1.OCCN(CCO)CCN(CCO)CCO. The minimum Gasteiger partial charge on any atom is -0.464 e. The van der Waals surface area contributed by atoms with Gasteiger partial charge in [-0.25, -0.2) is 0 Å². The molecule has 0 aromatic rings. The van der Waals surface area contributed by atoms with E-state index in [-0.39, 0.29) is 92.6 Å². The fourth-order valence-corrected chi connectivity index (χ4v) is 5.85. The summed E-state index contributed by atoms with van der Waals surface area (Å²) in [5.41, 5.74) is 0. The maximum Gasteiger partial charge on any atom is 0.308 e. The second kappa shape index (κ2) is 30.5. The van der Waals surface area contributed by atoms with Crippen LogP contribution in [-0.4, -0.2) is 201 Å². The predicted octanol–water partition coefficient (Wildman–Crippen LogP) is 0.761. The molecule has 0 amide bonds. The van der Waals surface area contributed by atoms with Gasteiger partial charge in [0.1, 0.15) is 26.4 Å². The van der Waals surface area contributed by atoms with Crippen LogP contribution < -0.4 is 0 Å². The van der Waals surface area contributed by atoms with Gasteiger partial charge < -0.3 is 39.4 Å². The Morgan fingerprint density at radius 3 is 0.729 bits per heavy atom. The monoisotopic (exact) mass is 864 g/mol. The van der Waals surface area contributed by atoms with Crippen molar-refractivity contribution in [3.8, 4) is 0 Å². The summed E-state index contributed by atoms with van der Waals surface area (Å²) in [5, 5.41) is 35.1. The maximum atomic E-state index is 11.9. The third kappa shape index (κ3) is 25.8. The number of hydrogen-bond acceptors (Lipinski definition) is 17. The van der Waals surface area contributed by atoms with E-state index in [0.29, 0.717) is 105 Å². The summed E-state index contributed by atoms with van der Waals surface area (Å²) in [6.07, 6.45) is 9.30. The first kappa shape index (κ1) is 52.7. The fraction of sp³-hybridized carbons (Fsp3) is 0.878. The van der Waals surface area contributed by atoms with Crippen molar-refractivity contribution in [2.75, 3.05) is 131 Å². The Morgan fingerprint density at radius 2 is 0.576 bits per heavy atom. The van der Waals surface area contributed by atoms with Gasteiger partial charge in [-0.1, -0.05) is 7.43 Å². The van der Waals surface area contributed by atoms with Crippen molar-refractivity contribution in [2.45, 2.75) is 71.6 Å². The number of ether oxygens (including phenoxy) is 4. The van der Waals surface area contributed by atoms with Gasteiger partial charge in [0.15, 0.2) is 0 Å². The highest BCUT2D eigenvalue weighted by atomic mass is 35.5. The number of halogens is 1. The minimum atomic E-state index is -0.157. The van der Waals surface area contributed by atoms with Gasteiger partial charge in [-0.05, 0) is 75.8 Å². The Balaban J connectivity index is 0.000000432. The summed E-state index contributed by atoms with van der Waals surface area (Å²) < 4.78 is 21.6. The molecule has 4 N–H and O–H groups in total. The van der Waals surface area contributed by atoms with Gasteiger partial charge in [0.05, 0.1) is 50.1 Å². The molecule has 0 aliphatic heterocycles. The Labute approximate surface area is 355 Å². The van der Waals surface area contributed by atoms with Gasteiger partial charge in [0.25, 0.3) is 0 Å². The van der Waals surface area contributed by atoms with Crippen LogP contribution in [0.2, 0.25) is 0 Å². The van der Waals surface area contributed by atoms with Gasteiger partial charge in [-0.3, -0.25) is 43.6 Å². The Bertz CT molecular complexity index is 1060. The van der Waals surface area contributed by atoms with Crippen molar-refractivity contribution >= 4 is 40.7 Å². The first-order chi connectivity index (χ1) is 28.1. The summed E-state index contributed by atoms with van der Waals surface area (Å²) in [4.78, 5) is 65.6. The topological polar surface area (TPSA) is 216 Å². The van der Waals surface area contributed by atoms with Crippen LogP contribution in [0.25, 0.3) is 0 Å². The molecule has 18 heteroatoms. The second-order valence-electron chi connectivity index (χ2n) is 15.6. The fourth-order valence-electron chi connectivity index (χ4n) is 5.63. The Hall–Kier alpha value is -2.48. The molecule has 342 valence electrons. The van der Waals surface area contributed by atoms with Crippen molar-refractivity contribution in [2.24, 2.45) is 29.6 Å². The lowest BCUT2D eigenvalue weighted by atomic mass is 10.4. The number of nitrogens with zero attached hydrogens (tertiary/aromatic N) is 4. The van der Waals surface area contributed by atoms with Crippen LogP contribution >= 0.6 is 11.6 Å². The molecule has 5 aliphatic carbocycles. The first-order valence-electron chi connectivity index (χ1n) is 21.3. The standard InChI is InChI=1S/C26H40N2O8.C10H24N2O4.C4H5ClO.CH4/c29-23(19-1-2-19)33-15-11-27(12-16-34-24(30)20-3-4-20)9-10-28(13-17-35-25(31)21-5-6-21)14-18-36-26(32)22-7-8-22;13-7-3-11(4-8-14)1-2-12(5-9-15)6-10-16;5-4(6)3-1-2-3;/h19-22H,1-18H2;13-16H,1-10H2;3H,1-2H2;1H4. The summed E-state index contributed by atoms with van der Waals surface area (Å²) in [5.74, 6) is -0.0611. The van der Waals surface area contributed by atoms with E-state index in [1.165, 1.54) is 0 Å². The molecule has 0 aromatic carbocycles. The van der Waals surface area contributed by atoms with Gasteiger partial charge >= 0.3 is 23.9 Å². The van der Waals surface area contributed by atoms with Crippen molar-refractivity contribution in [1.82, 2.24) is 19.6 Å². The van der Waals surface area contributed by atoms with E-state index in [0.717, 1.165) is 64.2 Å². The molecule has 0 unspecified atom stereocenters. The smallest absolute Gasteiger partial charge is 0.308 e. The highest BCUT2D eigenvalue weighted by Gasteiger charge is 2.34. The van der Waals surface area contributed by atoms with E-state index in [1.807, 2.05) is 9.80 Å². The third-order valence-corrected chi connectivity index (χ3v) is 10.6. The maximum absolute atomic E-state index is 11.9. The average molecular weight is 866 g/mol. The van der Waals surface area contributed by atoms with E-state index in [4.69, 9.17) is 51.0 Å². The molecule has 5 rings (SSSR count). The van der Waals surface area contributed by atoms with E-state index in [2.05, 4.69) is 9.80 Å². The lowest BCUT2D eigenvalue weighted by molar-refractivity contribution is -0.148. The number of hydrogen-bond donors (Lipinski definition) is 4. The minimum absolute atomic E-state index is 0. The quantitative estimate of drug-likeness (QED) is 0.0430. The molecule has 59 heavy (non-hydrogen) atoms. The zero-order valence-corrected chi connectivity index (χ0v) is 35.0. The molecule has 5 aliphatic rings. The van der Waals surface area contributed by atoms with E-state index in [1.54, 1.807) is 0 Å². The summed E-state index contributed by atoms with van der Waals surface area (Å²) >= 11 is 5.04. The number of aliphatic hydroxyl groups is 4. The molecule has 0 radical (unpaired) electrons. The van der Waals surface area contributed by atoms with Crippen LogP contribution in [0.4, 0.5) is 0 Å². The van der Waals surface area contributed by atoms with Crippen molar-refractivity contribution < 1.29 is 63.3 Å². The highest BCUT2D eigenvalue weighted by Crippen LogP contribution is 2.32. The zero-order valence-electron chi connectivity index (χ0n) is 34.2. The van der Waals surface area contributed by atoms with Crippen LogP contribution in [0.5, 0.6) is 0 Å². The average Bonchev–Trinajstić information content (AvgIpc) is 3.99. The molecule has 0 atom stereocenters. The van der Waals surface area contributed by atoms with Crippen LogP contribution in [0.1, 0.15) is 71.6 Å². The van der Waals surface area contributed by atoms with E-state index in [9.17, 15) is 24.0 Å². The second-order valence-corrected chi connectivity index (χ2v) is 16.0. The summed E-state index contributed by atoms with van der Waals surface area (Å²) in [6.45, 7) is 8.48. The first-order valence-corrected chi connectivity index (χ1v) is 21.6. The molecule has 5 saturated carbocycles. The van der Waals surface area contributed by atoms with Crippen molar-refractivity contribution in [3.63, 3.8) is 0 Å². The molecule has 0 saturated heterocycles. The van der Waals surface area contributed by atoms with Gasteiger partial charge in [0.2, 0.25) is 5.24 Å². The molecule has 0 bridgehead atoms. The number of rotatable bonds is 31. The highest BCUT2D eigenvalue weighted by molar-refractivity contribution is 6.64. The normalized spacial score (nSPS) is 17.0. The van der Waals surface area contributed by atoms with Gasteiger partial charge in [-0.15, -0.1) is 0 Å². The molecular formula is C41H73ClN4O13. The summed E-state index contributed by atoms with van der Waals surface area (Å²) in [7, 11) is 0. The molecule has 0 spiro atoms. The van der Waals surface area contributed by atoms with Crippen LogP contribution in [0, 0.1) is 29.6 Å². The third-order valence-electron chi connectivity index (χ3n) is 10.3. The number of aliphatic hydroxyl groups excluding tert-OH is 4. The van der Waals surface area contributed by atoms with Gasteiger partial charge in [0, 0.05) is 84.5 Å². The molecule has 0 aromatic heterocycles. The van der Waals surface area contributed by atoms with Crippen LogP contribution in [0.15, 0.2) is 0 Å². The molecule has 17 nitrogen and oxygen atoms in total. The number of esters is 4. The summed E-state index contributed by atoms with van der Waals surface area (Å²) in [6, 6.07) is 0. The van der Waals surface area contributed by atoms with Crippen molar-refractivity contribution in [1.29, 1.82) is 0 Å². The lowest BCUT2D eigenvalue weighted by Gasteiger charge is -2.27. The van der Waals surface area contributed by atoms with Gasteiger partial charge in [-0.2, -0.15) is 0 Å². The number of carbonyl (C=O) groups is 5. The number of carbonyl (C=O) groups excluding carboxylic acids is 5. The Kier molecular flexibility index (Phi) is 27.2. The van der Waals surface area contributed by atoms with Crippen molar-refractivity contribution in [3.05, 3.63) is 0 Å². The zero-order chi connectivity index (χ0) is 42.1.